The zero-order chi connectivity index (χ0) is 10.9. The van der Waals surface area contributed by atoms with Gasteiger partial charge in [-0.2, -0.15) is 0 Å². The van der Waals surface area contributed by atoms with E-state index in [4.69, 9.17) is 5.73 Å². The Balaban J connectivity index is 1.84. The fourth-order valence-electron chi connectivity index (χ4n) is 2.30. The summed E-state index contributed by atoms with van der Waals surface area (Å²) in [4.78, 5) is 2.37. The van der Waals surface area contributed by atoms with Gasteiger partial charge in [-0.15, -0.1) is 0 Å². The second kappa shape index (κ2) is 4.37. The monoisotopic (exact) mass is 212 g/mol. The normalized spacial score (nSPS) is 29.0. The van der Waals surface area contributed by atoms with Crippen molar-refractivity contribution in [2.24, 2.45) is 11.7 Å². The number of likely N-dealkylation sites (N-methyl/N-ethyl adjacent to an activating group) is 1. The topological polar surface area (TPSA) is 44.5 Å². The molecule has 0 amide bonds. The molecule has 88 valence electrons. The molecule has 1 unspecified atom stereocenters. The van der Waals surface area contributed by atoms with Crippen LogP contribution in [0.4, 0.5) is 0 Å². The van der Waals surface area contributed by atoms with Gasteiger partial charge < -0.3 is 10.6 Å². The van der Waals surface area contributed by atoms with E-state index in [1.165, 1.54) is 12.8 Å². The van der Waals surface area contributed by atoms with Crippen LogP contribution in [-0.4, -0.2) is 55.2 Å². The molecule has 1 saturated heterocycles. The lowest BCUT2D eigenvalue weighted by atomic mass is 9.97. The van der Waals surface area contributed by atoms with Crippen molar-refractivity contribution in [1.82, 2.24) is 15.3 Å². The fourth-order valence-corrected chi connectivity index (χ4v) is 2.30. The summed E-state index contributed by atoms with van der Waals surface area (Å²) in [5, 5.41) is 2.35. The predicted molar refractivity (Wildman–Crippen MR) is 62.4 cm³/mol. The number of hydrogen-bond acceptors (Lipinski definition) is 4. The molecule has 2 rings (SSSR count). The summed E-state index contributed by atoms with van der Waals surface area (Å²) >= 11 is 0. The van der Waals surface area contributed by atoms with Crippen molar-refractivity contribution >= 4 is 0 Å². The summed E-state index contributed by atoms with van der Waals surface area (Å²) < 4.78 is 0. The van der Waals surface area contributed by atoms with Gasteiger partial charge in [0.1, 0.15) is 0 Å². The zero-order valence-corrected chi connectivity index (χ0v) is 10.00. The van der Waals surface area contributed by atoms with Gasteiger partial charge in [-0.3, -0.25) is 0 Å². The molecular formula is C11H24N4. The Morgan fingerprint density at radius 1 is 1.27 bits per heavy atom. The first-order chi connectivity index (χ1) is 7.14. The number of piperazine rings is 1. The van der Waals surface area contributed by atoms with Crippen LogP contribution in [0, 0.1) is 5.92 Å². The van der Waals surface area contributed by atoms with Crippen molar-refractivity contribution in [3.63, 3.8) is 0 Å². The van der Waals surface area contributed by atoms with Crippen LogP contribution < -0.4 is 11.2 Å². The molecule has 1 atom stereocenters. The van der Waals surface area contributed by atoms with E-state index in [0.717, 1.165) is 38.6 Å². The maximum atomic E-state index is 5.89. The first-order valence-corrected chi connectivity index (χ1v) is 6.05. The van der Waals surface area contributed by atoms with Crippen molar-refractivity contribution in [2.45, 2.75) is 25.3 Å². The lowest BCUT2D eigenvalue weighted by molar-refractivity contribution is 0.0529. The van der Waals surface area contributed by atoms with E-state index in [1.54, 1.807) is 0 Å². The predicted octanol–water partition coefficient (Wildman–Crippen LogP) is -0.134. The summed E-state index contributed by atoms with van der Waals surface area (Å²) in [6.07, 6.45) is 2.68. The van der Waals surface area contributed by atoms with Crippen molar-refractivity contribution in [2.75, 3.05) is 39.8 Å². The molecule has 1 heterocycles. The Bertz CT molecular complexity index is 209. The maximum Gasteiger partial charge on any atom is 0.0448 e. The third kappa shape index (κ3) is 2.69. The Kier molecular flexibility index (Phi) is 3.30. The first-order valence-electron chi connectivity index (χ1n) is 6.05. The van der Waals surface area contributed by atoms with Crippen molar-refractivity contribution in [3.05, 3.63) is 0 Å². The smallest absolute Gasteiger partial charge is 0.0448 e. The summed E-state index contributed by atoms with van der Waals surface area (Å²) in [5.74, 6) is 0.794. The summed E-state index contributed by atoms with van der Waals surface area (Å²) in [5.41, 5.74) is 9.67. The Hall–Kier alpha value is -0.160. The van der Waals surface area contributed by atoms with Gasteiger partial charge in [0.15, 0.2) is 0 Å². The van der Waals surface area contributed by atoms with Crippen LogP contribution in [0.5, 0.6) is 0 Å². The van der Waals surface area contributed by atoms with Gasteiger partial charge in [0.2, 0.25) is 0 Å². The molecule has 1 aliphatic heterocycles. The minimum atomic E-state index is 0.135. The van der Waals surface area contributed by atoms with Crippen LogP contribution in [0.25, 0.3) is 0 Å². The average molecular weight is 212 g/mol. The molecule has 1 aliphatic carbocycles. The highest BCUT2D eigenvalue weighted by Gasteiger charge is 2.41. The number of nitrogens with one attached hydrogen (secondary N) is 1. The maximum absolute atomic E-state index is 5.89. The fraction of sp³-hybridized carbons (Fsp3) is 1.00. The SMILES string of the molecule is CN1CCN(NC(C)(CN)C2CC2)CC1. The van der Waals surface area contributed by atoms with E-state index >= 15 is 0 Å². The molecular weight excluding hydrogens is 188 g/mol. The Morgan fingerprint density at radius 2 is 1.87 bits per heavy atom. The molecule has 0 aromatic heterocycles. The van der Waals surface area contributed by atoms with Crippen LogP contribution in [0.3, 0.4) is 0 Å². The minimum absolute atomic E-state index is 0.135. The van der Waals surface area contributed by atoms with Crippen LogP contribution in [0.15, 0.2) is 0 Å². The number of nitrogens with two attached hydrogens (primary N) is 1. The second-order valence-electron chi connectivity index (χ2n) is 5.30. The van der Waals surface area contributed by atoms with Crippen molar-refractivity contribution in [1.29, 1.82) is 0 Å². The van der Waals surface area contributed by atoms with Crippen molar-refractivity contribution in [3.8, 4) is 0 Å². The highest BCUT2D eigenvalue weighted by Crippen LogP contribution is 2.39. The average Bonchev–Trinajstić information content (AvgIpc) is 3.05. The first kappa shape index (κ1) is 11.3. The summed E-state index contributed by atoms with van der Waals surface area (Å²) in [7, 11) is 2.18. The van der Waals surface area contributed by atoms with E-state index in [9.17, 15) is 0 Å². The van der Waals surface area contributed by atoms with Gasteiger partial charge in [0.25, 0.3) is 0 Å². The molecule has 0 spiro atoms. The number of rotatable bonds is 4. The molecule has 3 N–H and O–H groups in total. The van der Waals surface area contributed by atoms with Crippen molar-refractivity contribution < 1.29 is 0 Å². The molecule has 4 heteroatoms. The third-order valence-corrected chi connectivity index (χ3v) is 3.82. The van der Waals surface area contributed by atoms with Crippen LogP contribution in [0.2, 0.25) is 0 Å². The number of nitrogens with zero attached hydrogens (tertiary/aromatic N) is 2. The summed E-state index contributed by atoms with van der Waals surface area (Å²) in [6.45, 7) is 7.53. The molecule has 1 saturated carbocycles. The van der Waals surface area contributed by atoms with Gasteiger partial charge in [-0.25, -0.2) is 10.4 Å². The lowest BCUT2D eigenvalue weighted by Crippen LogP contribution is -2.61. The van der Waals surface area contributed by atoms with Gasteiger partial charge in [-0.1, -0.05) is 0 Å². The van der Waals surface area contributed by atoms with Gasteiger partial charge in [0, 0.05) is 38.3 Å². The van der Waals surface area contributed by atoms with E-state index in [-0.39, 0.29) is 5.54 Å². The van der Waals surface area contributed by atoms with E-state index < -0.39 is 0 Å². The van der Waals surface area contributed by atoms with Gasteiger partial charge in [-0.05, 0) is 32.7 Å². The van der Waals surface area contributed by atoms with Crippen LogP contribution in [0.1, 0.15) is 19.8 Å². The van der Waals surface area contributed by atoms with Crippen LogP contribution >= 0.6 is 0 Å². The molecule has 15 heavy (non-hydrogen) atoms. The molecule has 0 radical (unpaired) electrons. The molecule has 0 aromatic carbocycles. The lowest BCUT2D eigenvalue weighted by Gasteiger charge is -2.40. The second-order valence-corrected chi connectivity index (χ2v) is 5.30. The number of hydrazine groups is 1. The Labute approximate surface area is 92.8 Å². The highest BCUT2D eigenvalue weighted by molar-refractivity contribution is 4.98. The third-order valence-electron chi connectivity index (χ3n) is 3.82. The van der Waals surface area contributed by atoms with Gasteiger partial charge in [0.05, 0.1) is 0 Å². The van der Waals surface area contributed by atoms with E-state index in [2.05, 4.69) is 29.3 Å². The largest absolute Gasteiger partial charge is 0.329 e. The molecule has 2 fully saturated rings. The summed E-state index contributed by atoms with van der Waals surface area (Å²) in [6, 6.07) is 0. The zero-order valence-electron chi connectivity index (χ0n) is 10.00. The Morgan fingerprint density at radius 3 is 2.33 bits per heavy atom. The van der Waals surface area contributed by atoms with E-state index in [1.807, 2.05) is 0 Å². The number of hydrogen-bond donors (Lipinski definition) is 2. The van der Waals surface area contributed by atoms with Crippen LogP contribution in [-0.2, 0) is 0 Å². The quantitative estimate of drug-likeness (QED) is 0.681. The molecule has 0 bridgehead atoms. The standard InChI is InChI=1S/C11H24N4/c1-11(9-12,10-3-4-10)13-15-7-5-14(2)6-8-15/h10,13H,3-9,12H2,1-2H3. The highest BCUT2D eigenvalue weighted by atomic mass is 15.5. The molecule has 0 aromatic rings. The van der Waals surface area contributed by atoms with E-state index in [0.29, 0.717) is 0 Å². The molecule has 2 aliphatic rings. The minimum Gasteiger partial charge on any atom is -0.329 e. The molecule has 4 nitrogen and oxygen atoms in total. The van der Waals surface area contributed by atoms with Gasteiger partial charge >= 0.3 is 0 Å².